The lowest BCUT2D eigenvalue weighted by Crippen LogP contribution is -1.86. The Morgan fingerprint density at radius 2 is 2.00 bits per heavy atom. The minimum atomic E-state index is -0.319. The lowest BCUT2D eigenvalue weighted by Gasteiger charge is -1.97. The smallest absolute Gasteiger partial charge is 0.123 e. The van der Waals surface area contributed by atoms with Crippen LogP contribution in [0.5, 0.6) is 0 Å². The van der Waals surface area contributed by atoms with Gasteiger partial charge >= 0.3 is 0 Å². The largest absolute Gasteiger partial charge is 0.403 e. The van der Waals surface area contributed by atoms with Gasteiger partial charge in [0.05, 0.1) is 0 Å². The Balaban J connectivity index is 3.04. The van der Waals surface area contributed by atoms with Crippen LogP contribution in [-0.4, -0.2) is 0 Å². The molecule has 0 aromatic heterocycles. The average Bonchev–Trinajstić information content (AvgIpc) is 2.10. The molecule has 0 atom stereocenters. The van der Waals surface area contributed by atoms with E-state index in [2.05, 4.69) is 5.11 Å². The number of halogens is 1. The summed E-state index contributed by atoms with van der Waals surface area (Å²) in [5, 5.41) is 3.17. The van der Waals surface area contributed by atoms with Crippen molar-refractivity contribution in [1.29, 1.82) is 5.53 Å². The second kappa shape index (κ2) is 3.61. The summed E-state index contributed by atoms with van der Waals surface area (Å²) in [6.45, 7) is 0. The molecule has 3 nitrogen and oxygen atoms in total. The average molecular weight is 165 g/mol. The van der Waals surface area contributed by atoms with Crippen LogP contribution in [-0.2, 0) is 0 Å². The van der Waals surface area contributed by atoms with Crippen LogP contribution in [0.3, 0.4) is 0 Å². The third-order valence-corrected chi connectivity index (χ3v) is 1.42. The molecule has 4 heteroatoms. The van der Waals surface area contributed by atoms with Crippen LogP contribution in [0.2, 0.25) is 0 Å². The Morgan fingerprint density at radius 1 is 1.42 bits per heavy atom. The van der Waals surface area contributed by atoms with Gasteiger partial charge < -0.3 is 5.73 Å². The zero-order chi connectivity index (χ0) is 8.97. The van der Waals surface area contributed by atoms with Crippen LogP contribution in [0, 0.1) is 11.3 Å². The van der Waals surface area contributed by atoms with Crippen molar-refractivity contribution in [3.63, 3.8) is 0 Å². The number of rotatable bonds is 2. The van der Waals surface area contributed by atoms with Gasteiger partial charge in [-0.2, -0.15) is 5.11 Å². The van der Waals surface area contributed by atoms with Crippen molar-refractivity contribution >= 4 is 5.70 Å². The summed E-state index contributed by atoms with van der Waals surface area (Å²) >= 11 is 0. The molecule has 1 aromatic carbocycles. The highest BCUT2D eigenvalue weighted by Crippen LogP contribution is 2.14. The number of hydrogen-bond donors (Lipinski definition) is 2. The molecule has 3 N–H and O–H groups in total. The molecule has 12 heavy (non-hydrogen) atoms. The minimum absolute atomic E-state index is 0.319. The zero-order valence-electron chi connectivity index (χ0n) is 6.29. The highest BCUT2D eigenvalue weighted by Gasteiger charge is 1.98. The summed E-state index contributed by atoms with van der Waals surface area (Å²) in [5.74, 6) is -0.319. The lowest BCUT2D eigenvalue weighted by molar-refractivity contribution is 0.627. The van der Waals surface area contributed by atoms with Crippen LogP contribution >= 0.6 is 0 Å². The first-order chi connectivity index (χ1) is 5.77. The van der Waals surface area contributed by atoms with Gasteiger partial charge in [0, 0.05) is 11.8 Å². The van der Waals surface area contributed by atoms with Crippen LogP contribution in [0.25, 0.3) is 5.70 Å². The van der Waals surface area contributed by atoms with E-state index in [1.165, 1.54) is 30.5 Å². The van der Waals surface area contributed by atoms with E-state index in [-0.39, 0.29) is 5.82 Å². The highest BCUT2D eigenvalue weighted by molar-refractivity contribution is 5.63. The number of benzene rings is 1. The fourth-order valence-electron chi connectivity index (χ4n) is 0.819. The summed E-state index contributed by atoms with van der Waals surface area (Å²) in [6, 6.07) is 5.63. The molecule has 0 aliphatic carbocycles. The van der Waals surface area contributed by atoms with E-state index in [9.17, 15) is 4.39 Å². The van der Waals surface area contributed by atoms with E-state index in [0.717, 1.165) is 0 Å². The molecule has 0 aliphatic rings. The maximum Gasteiger partial charge on any atom is 0.123 e. The molecule has 0 heterocycles. The van der Waals surface area contributed by atoms with Gasteiger partial charge in [0.1, 0.15) is 11.5 Å². The Kier molecular flexibility index (Phi) is 2.53. The fourth-order valence-corrected chi connectivity index (χ4v) is 0.819. The Morgan fingerprint density at radius 3 is 2.42 bits per heavy atom. The van der Waals surface area contributed by atoms with Crippen molar-refractivity contribution in [3.8, 4) is 0 Å². The molecule has 0 bridgehead atoms. The Hall–Kier alpha value is -1.71. The summed E-state index contributed by atoms with van der Waals surface area (Å²) in [7, 11) is 0. The monoisotopic (exact) mass is 165 g/mol. The molecule has 0 saturated carbocycles. The third-order valence-electron chi connectivity index (χ3n) is 1.42. The number of hydrogen-bond acceptors (Lipinski definition) is 3. The van der Waals surface area contributed by atoms with Crippen molar-refractivity contribution in [2.45, 2.75) is 0 Å². The van der Waals surface area contributed by atoms with E-state index in [1.807, 2.05) is 0 Å². The van der Waals surface area contributed by atoms with Crippen LogP contribution in [0.4, 0.5) is 4.39 Å². The first-order valence-corrected chi connectivity index (χ1v) is 3.33. The van der Waals surface area contributed by atoms with E-state index in [0.29, 0.717) is 11.3 Å². The summed E-state index contributed by atoms with van der Waals surface area (Å²) in [4.78, 5) is 0. The van der Waals surface area contributed by atoms with Crippen LogP contribution in [0.1, 0.15) is 5.56 Å². The van der Waals surface area contributed by atoms with E-state index in [4.69, 9.17) is 11.3 Å². The normalized spacial score (nSPS) is 11.2. The standard InChI is InChI=1S/C8H8FN3/c9-7-3-1-6(2-4-7)8(5-10)12-11/h1-5,11H,10H2/b8-5-,12-11?. The van der Waals surface area contributed by atoms with Gasteiger partial charge in [0.2, 0.25) is 0 Å². The van der Waals surface area contributed by atoms with Crippen molar-refractivity contribution in [3.05, 3.63) is 41.8 Å². The van der Waals surface area contributed by atoms with Gasteiger partial charge in [-0.05, 0) is 24.3 Å². The quantitative estimate of drug-likeness (QED) is 0.647. The van der Waals surface area contributed by atoms with Crippen molar-refractivity contribution < 1.29 is 4.39 Å². The minimum Gasteiger partial charge on any atom is -0.403 e. The second-order valence-electron chi connectivity index (χ2n) is 2.17. The molecule has 0 aliphatic heterocycles. The van der Waals surface area contributed by atoms with Gasteiger partial charge in [0.25, 0.3) is 0 Å². The SMILES string of the molecule is N=N/C(=C\N)c1ccc(F)cc1. The second-order valence-corrected chi connectivity index (χ2v) is 2.17. The number of nitrogens with one attached hydrogen (secondary N) is 1. The fraction of sp³-hybridized carbons (Fsp3) is 0. The summed E-state index contributed by atoms with van der Waals surface area (Å²) < 4.78 is 12.4. The van der Waals surface area contributed by atoms with Gasteiger partial charge in [0.15, 0.2) is 0 Å². The van der Waals surface area contributed by atoms with Gasteiger partial charge in [-0.1, -0.05) is 0 Å². The Bertz CT molecular complexity index is 303. The van der Waals surface area contributed by atoms with Crippen LogP contribution < -0.4 is 5.73 Å². The highest BCUT2D eigenvalue weighted by atomic mass is 19.1. The number of nitrogens with two attached hydrogens (primary N) is 1. The molecule has 0 radical (unpaired) electrons. The van der Waals surface area contributed by atoms with Gasteiger partial charge in [-0.3, -0.25) is 0 Å². The van der Waals surface area contributed by atoms with Gasteiger partial charge in [-0.25, -0.2) is 9.92 Å². The lowest BCUT2D eigenvalue weighted by atomic mass is 10.2. The van der Waals surface area contributed by atoms with Crippen molar-refractivity contribution in [1.82, 2.24) is 0 Å². The molecule has 0 fully saturated rings. The predicted octanol–water partition coefficient (Wildman–Crippen LogP) is 2.11. The third kappa shape index (κ3) is 1.66. The molecule has 1 rings (SSSR count). The molecule has 0 saturated heterocycles. The Labute approximate surface area is 69.2 Å². The molecule has 0 unspecified atom stereocenters. The molecule has 0 spiro atoms. The molecule has 1 aromatic rings. The van der Waals surface area contributed by atoms with Gasteiger partial charge in [-0.15, -0.1) is 0 Å². The first-order valence-electron chi connectivity index (χ1n) is 3.33. The molecule has 0 amide bonds. The number of nitrogens with zero attached hydrogens (tertiary/aromatic N) is 1. The predicted molar refractivity (Wildman–Crippen MR) is 43.7 cm³/mol. The summed E-state index contributed by atoms with van der Waals surface area (Å²) in [5.41, 5.74) is 12.9. The summed E-state index contributed by atoms with van der Waals surface area (Å²) in [6.07, 6.45) is 1.21. The van der Waals surface area contributed by atoms with E-state index in [1.54, 1.807) is 0 Å². The maximum atomic E-state index is 12.4. The van der Waals surface area contributed by atoms with Crippen LogP contribution in [0.15, 0.2) is 35.6 Å². The maximum absolute atomic E-state index is 12.4. The van der Waals surface area contributed by atoms with Crippen molar-refractivity contribution in [2.75, 3.05) is 0 Å². The first kappa shape index (κ1) is 8.39. The molecule has 62 valence electrons. The molecular weight excluding hydrogens is 157 g/mol. The molecular formula is C8H8FN3. The van der Waals surface area contributed by atoms with E-state index < -0.39 is 0 Å². The zero-order valence-corrected chi connectivity index (χ0v) is 6.29. The van der Waals surface area contributed by atoms with E-state index >= 15 is 0 Å². The van der Waals surface area contributed by atoms with Crippen molar-refractivity contribution in [2.24, 2.45) is 10.8 Å². The topological polar surface area (TPSA) is 62.2 Å².